The summed E-state index contributed by atoms with van der Waals surface area (Å²) in [6.07, 6.45) is 1.86. The molecule has 0 unspecified atom stereocenters. The first-order valence-electron chi connectivity index (χ1n) is 4.68. The number of carboxylic acids is 1. The van der Waals surface area contributed by atoms with Crippen molar-refractivity contribution in [1.82, 2.24) is 0 Å². The van der Waals surface area contributed by atoms with E-state index >= 15 is 0 Å². The first kappa shape index (κ1) is 12.5. The molecule has 15 heavy (non-hydrogen) atoms. The zero-order chi connectivity index (χ0) is 11.3. The fraction of sp³-hybridized carbons (Fsp3) is 0.364. The van der Waals surface area contributed by atoms with Gasteiger partial charge in [-0.05, 0) is 30.0 Å². The highest BCUT2D eigenvalue weighted by Gasteiger charge is 2.06. The number of carbonyl (C=O) groups is 1. The van der Waals surface area contributed by atoms with Gasteiger partial charge in [0, 0.05) is 10.4 Å². The fourth-order valence-electron chi connectivity index (χ4n) is 1.35. The van der Waals surface area contributed by atoms with Crippen LogP contribution in [0.3, 0.4) is 0 Å². The number of aliphatic carboxylic acids is 1. The Morgan fingerprint density at radius 3 is 2.80 bits per heavy atom. The summed E-state index contributed by atoms with van der Waals surface area (Å²) in [5, 5.41) is 8.72. The third kappa shape index (κ3) is 4.22. The van der Waals surface area contributed by atoms with Gasteiger partial charge in [0.2, 0.25) is 0 Å². The summed E-state index contributed by atoms with van der Waals surface area (Å²) >= 11 is 8.94. The summed E-state index contributed by atoms with van der Waals surface area (Å²) in [5.74, 6) is -0.185. The number of carboxylic acid groups (broad SMARTS) is 1. The molecule has 1 aromatic rings. The predicted molar refractivity (Wildman–Crippen MR) is 64.5 cm³/mol. The molecule has 0 aromatic heterocycles. The van der Waals surface area contributed by atoms with Crippen molar-refractivity contribution in [3.63, 3.8) is 0 Å². The lowest BCUT2D eigenvalue weighted by atomic mass is 10.1. The van der Waals surface area contributed by atoms with E-state index in [-0.39, 0.29) is 6.42 Å². The number of hydrogen-bond acceptors (Lipinski definition) is 1. The van der Waals surface area contributed by atoms with Crippen LogP contribution in [0.1, 0.15) is 17.5 Å². The molecule has 0 saturated heterocycles. The SMILES string of the molecule is O=C(O)Cc1cc(CCCCl)ccc1Br. The van der Waals surface area contributed by atoms with Gasteiger partial charge in [0.1, 0.15) is 0 Å². The summed E-state index contributed by atoms with van der Waals surface area (Å²) in [7, 11) is 0. The Balaban J connectivity index is 2.80. The van der Waals surface area contributed by atoms with Crippen molar-refractivity contribution < 1.29 is 9.90 Å². The summed E-state index contributed by atoms with van der Waals surface area (Å²) in [6.45, 7) is 0. The molecule has 0 aliphatic carbocycles. The van der Waals surface area contributed by atoms with Crippen LogP contribution in [-0.2, 0) is 17.6 Å². The van der Waals surface area contributed by atoms with Crippen molar-refractivity contribution >= 4 is 33.5 Å². The van der Waals surface area contributed by atoms with Gasteiger partial charge < -0.3 is 5.11 Å². The Bertz CT molecular complexity index is 352. The minimum atomic E-state index is -0.815. The summed E-state index contributed by atoms with van der Waals surface area (Å²) in [4.78, 5) is 10.6. The molecule has 0 aliphatic heterocycles. The van der Waals surface area contributed by atoms with Crippen LogP contribution in [0.5, 0.6) is 0 Å². The van der Waals surface area contributed by atoms with Crippen molar-refractivity contribution in [2.75, 3.05) is 5.88 Å². The number of aryl methyl sites for hydroxylation is 1. The second kappa shape index (κ2) is 6.13. The molecule has 82 valence electrons. The van der Waals surface area contributed by atoms with Crippen LogP contribution >= 0.6 is 27.5 Å². The summed E-state index contributed by atoms with van der Waals surface area (Å²) < 4.78 is 0.847. The zero-order valence-electron chi connectivity index (χ0n) is 8.17. The van der Waals surface area contributed by atoms with Crippen molar-refractivity contribution in [3.8, 4) is 0 Å². The van der Waals surface area contributed by atoms with E-state index in [0.717, 1.165) is 28.4 Å². The number of benzene rings is 1. The van der Waals surface area contributed by atoms with Gasteiger partial charge in [0.05, 0.1) is 6.42 Å². The Labute approximate surface area is 102 Å². The van der Waals surface area contributed by atoms with Crippen LogP contribution in [0.4, 0.5) is 0 Å². The second-order valence-corrected chi connectivity index (χ2v) is 4.52. The van der Waals surface area contributed by atoms with Crippen molar-refractivity contribution in [3.05, 3.63) is 33.8 Å². The minimum Gasteiger partial charge on any atom is -0.481 e. The maximum atomic E-state index is 10.6. The van der Waals surface area contributed by atoms with Crippen LogP contribution in [0.15, 0.2) is 22.7 Å². The largest absolute Gasteiger partial charge is 0.481 e. The Morgan fingerprint density at radius 1 is 1.47 bits per heavy atom. The van der Waals surface area contributed by atoms with E-state index in [1.807, 2.05) is 18.2 Å². The van der Waals surface area contributed by atoms with Crippen LogP contribution in [0.25, 0.3) is 0 Å². The molecule has 1 N–H and O–H groups in total. The lowest BCUT2D eigenvalue weighted by Crippen LogP contribution is -2.01. The number of hydrogen-bond donors (Lipinski definition) is 1. The molecule has 0 heterocycles. The first-order valence-corrected chi connectivity index (χ1v) is 6.01. The number of rotatable bonds is 5. The molecule has 0 amide bonds. The van der Waals surface area contributed by atoms with E-state index in [1.165, 1.54) is 0 Å². The average molecular weight is 292 g/mol. The molecule has 1 rings (SSSR count). The highest BCUT2D eigenvalue weighted by atomic mass is 79.9. The molecular formula is C11H12BrClO2. The van der Waals surface area contributed by atoms with Gasteiger partial charge in [0.25, 0.3) is 0 Å². The van der Waals surface area contributed by atoms with E-state index in [9.17, 15) is 4.79 Å². The van der Waals surface area contributed by atoms with Gasteiger partial charge >= 0.3 is 5.97 Å². The monoisotopic (exact) mass is 290 g/mol. The van der Waals surface area contributed by atoms with E-state index < -0.39 is 5.97 Å². The molecule has 1 aromatic carbocycles. The first-order chi connectivity index (χ1) is 7.13. The highest BCUT2D eigenvalue weighted by Crippen LogP contribution is 2.19. The normalized spacial score (nSPS) is 10.3. The molecule has 0 spiro atoms. The van der Waals surface area contributed by atoms with Gasteiger partial charge in [-0.3, -0.25) is 4.79 Å². The van der Waals surface area contributed by atoms with Crippen LogP contribution in [-0.4, -0.2) is 17.0 Å². The van der Waals surface area contributed by atoms with Gasteiger partial charge in [-0.15, -0.1) is 11.6 Å². The molecule has 0 atom stereocenters. The molecule has 0 radical (unpaired) electrons. The maximum Gasteiger partial charge on any atom is 0.307 e. The Kier molecular flexibility index (Phi) is 5.12. The number of halogens is 2. The molecular weight excluding hydrogens is 279 g/mol. The van der Waals surface area contributed by atoms with Crippen molar-refractivity contribution in [2.45, 2.75) is 19.3 Å². The molecule has 0 saturated carbocycles. The Morgan fingerprint density at radius 2 is 2.20 bits per heavy atom. The van der Waals surface area contributed by atoms with E-state index in [0.29, 0.717) is 5.88 Å². The molecule has 0 bridgehead atoms. The smallest absolute Gasteiger partial charge is 0.307 e. The molecule has 4 heteroatoms. The predicted octanol–water partition coefficient (Wildman–Crippen LogP) is 3.25. The third-order valence-electron chi connectivity index (χ3n) is 2.05. The van der Waals surface area contributed by atoms with Crippen LogP contribution in [0, 0.1) is 0 Å². The van der Waals surface area contributed by atoms with Crippen molar-refractivity contribution in [1.29, 1.82) is 0 Å². The second-order valence-electron chi connectivity index (χ2n) is 3.29. The zero-order valence-corrected chi connectivity index (χ0v) is 10.5. The van der Waals surface area contributed by atoms with Gasteiger partial charge in [-0.1, -0.05) is 28.1 Å². The topological polar surface area (TPSA) is 37.3 Å². The quantitative estimate of drug-likeness (QED) is 0.846. The fourth-order valence-corrected chi connectivity index (χ4v) is 1.87. The van der Waals surface area contributed by atoms with Crippen molar-refractivity contribution in [2.24, 2.45) is 0 Å². The van der Waals surface area contributed by atoms with Gasteiger partial charge in [-0.2, -0.15) is 0 Å². The maximum absolute atomic E-state index is 10.6. The van der Waals surface area contributed by atoms with E-state index in [2.05, 4.69) is 15.9 Å². The van der Waals surface area contributed by atoms with Gasteiger partial charge in [-0.25, -0.2) is 0 Å². The van der Waals surface area contributed by atoms with Crippen LogP contribution in [0.2, 0.25) is 0 Å². The highest BCUT2D eigenvalue weighted by molar-refractivity contribution is 9.10. The molecule has 0 fully saturated rings. The summed E-state index contributed by atoms with van der Waals surface area (Å²) in [5.41, 5.74) is 1.95. The summed E-state index contributed by atoms with van der Waals surface area (Å²) in [6, 6.07) is 5.80. The standard InChI is InChI=1S/C11H12BrClO2/c12-10-4-3-8(2-1-5-13)6-9(10)7-11(14)15/h3-4,6H,1-2,5,7H2,(H,14,15). The lowest BCUT2D eigenvalue weighted by Gasteiger charge is -2.05. The molecule has 0 aliphatic rings. The van der Waals surface area contributed by atoms with E-state index in [1.54, 1.807) is 0 Å². The molecule has 2 nitrogen and oxygen atoms in total. The van der Waals surface area contributed by atoms with Crippen LogP contribution < -0.4 is 0 Å². The third-order valence-corrected chi connectivity index (χ3v) is 3.09. The number of alkyl halides is 1. The Hall–Kier alpha value is -0.540. The van der Waals surface area contributed by atoms with Gasteiger partial charge in [0.15, 0.2) is 0 Å². The lowest BCUT2D eigenvalue weighted by molar-refractivity contribution is -0.136. The average Bonchev–Trinajstić information content (AvgIpc) is 2.18. The minimum absolute atomic E-state index is 0.0509. The van der Waals surface area contributed by atoms with E-state index in [4.69, 9.17) is 16.7 Å².